The molecule has 1 unspecified atom stereocenters. The number of anilines is 1. The maximum absolute atomic E-state index is 11.2. The molecule has 0 aliphatic rings. The van der Waals surface area contributed by atoms with Crippen LogP contribution in [-0.2, 0) is 9.53 Å². The van der Waals surface area contributed by atoms with Crippen LogP contribution in [0.1, 0.15) is 0 Å². The zero-order valence-corrected chi connectivity index (χ0v) is 7.93. The van der Waals surface area contributed by atoms with E-state index in [0.29, 0.717) is 5.82 Å². The number of hydrogen-bond acceptors (Lipinski definition) is 5. The molecule has 76 valence electrons. The number of aromatic nitrogens is 1. The highest BCUT2D eigenvalue weighted by molar-refractivity contribution is 5.79. The molecule has 5 heteroatoms. The Hall–Kier alpha value is -1.62. The van der Waals surface area contributed by atoms with Crippen molar-refractivity contribution in [2.24, 2.45) is 5.73 Å². The molecule has 0 radical (unpaired) electrons. The molecule has 5 nitrogen and oxygen atoms in total. The van der Waals surface area contributed by atoms with Gasteiger partial charge in [0.1, 0.15) is 11.9 Å². The van der Waals surface area contributed by atoms with E-state index in [-0.39, 0.29) is 6.54 Å². The molecule has 0 saturated heterocycles. The molecule has 1 aromatic heterocycles. The van der Waals surface area contributed by atoms with Gasteiger partial charge in [-0.05, 0) is 12.1 Å². The minimum absolute atomic E-state index is 0.170. The van der Waals surface area contributed by atoms with Gasteiger partial charge in [0.25, 0.3) is 0 Å². The topological polar surface area (TPSA) is 77.2 Å². The Morgan fingerprint density at radius 2 is 2.50 bits per heavy atom. The quantitative estimate of drug-likeness (QED) is 0.661. The van der Waals surface area contributed by atoms with Crippen molar-refractivity contribution >= 4 is 11.8 Å². The van der Waals surface area contributed by atoms with Crippen molar-refractivity contribution in [3.8, 4) is 0 Å². The fourth-order valence-corrected chi connectivity index (χ4v) is 0.983. The van der Waals surface area contributed by atoms with Crippen LogP contribution in [0.3, 0.4) is 0 Å². The van der Waals surface area contributed by atoms with Crippen LogP contribution in [0.15, 0.2) is 24.4 Å². The second-order valence-electron chi connectivity index (χ2n) is 2.67. The molecule has 1 atom stereocenters. The lowest BCUT2D eigenvalue weighted by Gasteiger charge is -2.14. The summed E-state index contributed by atoms with van der Waals surface area (Å²) in [6.45, 7) is 0.170. The van der Waals surface area contributed by atoms with E-state index in [1.165, 1.54) is 7.11 Å². The molecule has 14 heavy (non-hydrogen) atoms. The van der Waals surface area contributed by atoms with E-state index in [0.717, 1.165) is 0 Å². The summed E-state index contributed by atoms with van der Waals surface area (Å²) in [5.74, 6) is 0.214. The summed E-state index contributed by atoms with van der Waals surface area (Å²) in [5.41, 5.74) is 5.41. The second kappa shape index (κ2) is 5.18. The van der Waals surface area contributed by atoms with Gasteiger partial charge in [0.05, 0.1) is 7.11 Å². The number of carbonyl (C=O) groups is 1. The number of nitrogens with one attached hydrogen (secondary N) is 1. The molecule has 0 saturated carbocycles. The minimum Gasteiger partial charge on any atom is -0.467 e. The lowest BCUT2D eigenvalue weighted by atomic mass is 10.3. The number of ether oxygens (including phenoxy) is 1. The standard InChI is InChI=1S/C9H13N3O2/c1-14-9(13)7(6-10)12-8-4-2-3-5-11-8/h2-5,7H,6,10H2,1H3,(H,11,12). The van der Waals surface area contributed by atoms with Gasteiger partial charge in [0, 0.05) is 12.7 Å². The highest BCUT2D eigenvalue weighted by Gasteiger charge is 2.16. The van der Waals surface area contributed by atoms with Gasteiger partial charge in [-0.2, -0.15) is 0 Å². The summed E-state index contributed by atoms with van der Waals surface area (Å²) in [5, 5.41) is 2.87. The fourth-order valence-electron chi connectivity index (χ4n) is 0.983. The molecular weight excluding hydrogens is 182 g/mol. The summed E-state index contributed by atoms with van der Waals surface area (Å²) in [6.07, 6.45) is 1.63. The Labute approximate surface area is 82.3 Å². The molecule has 0 fully saturated rings. The Morgan fingerprint density at radius 3 is 3.00 bits per heavy atom. The van der Waals surface area contributed by atoms with E-state index in [1.807, 2.05) is 6.07 Å². The van der Waals surface area contributed by atoms with Gasteiger partial charge >= 0.3 is 5.97 Å². The number of pyridine rings is 1. The third kappa shape index (κ3) is 2.70. The first-order valence-electron chi connectivity index (χ1n) is 4.23. The lowest BCUT2D eigenvalue weighted by Crippen LogP contribution is -2.37. The number of methoxy groups -OCH3 is 1. The van der Waals surface area contributed by atoms with Crippen LogP contribution in [0.2, 0.25) is 0 Å². The van der Waals surface area contributed by atoms with Crippen molar-refractivity contribution in [3.05, 3.63) is 24.4 Å². The third-order valence-electron chi connectivity index (χ3n) is 1.71. The molecule has 0 aliphatic heterocycles. The summed E-state index contributed by atoms with van der Waals surface area (Å²) in [7, 11) is 1.32. The van der Waals surface area contributed by atoms with Crippen LogP contribution in [0.25, 0.3) is 0 Å². The van der Waals surface area contributed by atoms with Crippen LogP contribution >= 0.6 is 0 Å². The van der Waals surface area contributed by atoms with E-state index < -0.39 is 12.0 Å². The van der Waals surface area contributed by atoms with Gasteiger partial charge in [-0.1, -0.05) is 6.07 Å². The first-order valence-corrected chi connectivity index (χ1v) is 4.23. The average Bonchev–Trinajstić information content (AvgIpc) is 2.26. The van der Waals surface area contributed by atoms with Crippen molar-refractivity contribution in [1.29, 1.82) is 0 Å². The Balaban J connectivity index is 2.62. The van der Waals surface area contributed by atoms with E-state index in [2.05, 4.69) is 15.0 Å². The van der Waals surface area contributed by atoms with Crippen molar-refractivity contribution in [1.82, 2.24) is 4.98 Å². The average molecular weight is 195 g/mol. The molecule has 0 aliphatic carbocycles. The summed E-state index contributed by atoms with van der Waals surface area (Å²) in [4.78, 5) is 15.2. The largest absolute Gasteiger partial charge is 0.467 e. The van der Waals surface area contributed by atoms with Crippen molar-refractivity contribution in [3.63, 3.8) is 0 Å². The number of rotatable bonds is 4. The predicted octanol–water partition coefficient (Wildman–Crippen LogP) is -0.00620. The summed E-state index contributed by atoms with van der Waals surface area (Å²) in [6, 6.07) is 4.82. The van der Waals surface area contributed by atoms with Crippen molar-refractivity contribution in [2.45, 2.75) is 6.04 Å². The van der Waals surface area contributed by atoms with Gasteiger partial charge in [-0.3, -0.25) is 0 Å². The Morgan fingerprint density at radius 1 is 1.71 bits per heavy atom. The molecular formula is C9H13N3O2. The van der Waals surface area contributed by atoms with Gasteiger partial charge in [0.2, 0.25) is 0 Å². The van der Waals surface area contributed by atoms with Gasteiger partial charge in [-0.15, -0.1) is 0 Å². The normalized spacial score (nSPS) is 11.9. The van der Waals surface area contributed by atoms with Gasteiger partial charge in [-0.25, -0.2) is 9.78 Å². The van der Waals surface area contributed by atoms with Crippen molar-refractivity contribution < 1.29 is 9.53 Å². The van der Waals surface area contributed by atoms with Crippen LogP contribution < -0.4 is 11.1 Å². The number of nitrogens with two attached hydrogens (primary N) is 1. The monoisotopic (exact) mass is 195 g/mol. The molecule has 0 bridgehead atoms. The highest BCUT2D eigenvalue weighted by atomic mass is 16.5. The third-order valence-corrected chi connectivity index (χ3v) is 1.71. The van der Waals surface area contributed by atoms with E-state index in [9.17, 15) is 4.79 Å². The van der Waals surface area contributed by atoms with E-state index in [1.54, 1.807) is 18.3 Å². The Kier molecular flexibility index (Phi) is 3.87. The number of esters is 1. The molecule has 3 N–H and O–H groups in total. The first-order chi connectivity index (χ1) is 6.77. The highest BCUT2D eigenvalue weighted by Crippen LogP contribution is 2.02. The molecule has 0 aromatic carbocycles. The molecule has 0 amide bonds. The second-order valence-corrected chi connectivity index (χ2v) is 2.67. The predicted molar refractivity (Wildman–Crippen MR) is 52.7 cm³/mol. The van der Waals surface area contributed by atoms with Crippen LogP contribution in [0.4, 0.5) is 5.82 Å². The zero-order chi connectivity index (χ0) is 10.4. The minimum atomic E-state index is -0.546. The number of nitrogens with zero attached hydrogens (tertiary/aromatic N) is 1. The Bertz CT molecular complexity index is 289. The lowest BCUT2D eigenvalue weighted by molar-refractivity contribution is -0.141. The maximum Gasteiger partial charge on any atom is 0.329 e. The van der Waals surface area contributed by atoms with E-state index >= 15 is 0 Å². The van der Waals surface area contributed by atoms with Crippen LogP contribution in [0.5, 0.6) is 0 Å². The van der Waals surface area contributed by atoms with E-state index in [4.69, 9.17) is 5.73 Å². The van der Waals surface area contributed by atoms with Crippen molar-refractivity contribution in [2.75, 3.05) is 19.0 Å². The molecule has 1 aromatic rings. The molecule has 1 heterocycles. The number of carbonyl (C=O) groups excluding carboxylic acids is 1. The van der Waals surface area contributed by atoms with Gasteiger partial charge in [0.15, 0.2) is 0 Å². The van der Waals surface area contributed by atoms with Gasteiger partial charge < -0.3 is 15.8 Å². The smallest absolute Gasteiger partial charge is 0.329 e. The summed E-state index contributed by atoms with van der Waals surface area (Å²) < 4.78 is 4.57. The SMILES string of the molecule is COC(=O)C(CN)Nc1ccccn1. The molecule has 1 rings (SSSR count). The fraction of sp³-hybridized carbons (Fsp3) is 0.333. The zero-order valence-electron chi connectivity index (χ0n) is 7.93. The maximum atomic E-state index is 11.2. The first kappa shape index (κ1) is 10.5. The number of hydrogen-bond donors (Lipinski definition) is 2. The van der Waals surface area contributed by atoms with Crippen LogP contribution in [-0.4, -0.2) is 30.6 Å². The molecule has 0 spiro atoms. The van der Waals surface area contributed by atoms with Crippen LogP contribution in [0, 0.1) is 0 Å². The summed E-state index contributed by atoms with van der Waals surface area (Å²) >= 11 is 0.